The van der Waals surface area contributed by atoms with Crippen molar-refractivity contribution in [3.63, 3.8) is 0 Å². The summed E-state index contributed by atoms with van der Waals surface area (Å²) in [5.74, 6) is 0.603. The predicted octanol–water partition coefficient (Wildman–Crippen LogP) is 2.53. The molecule has 0 aliphatic carbocycles. The lowest BCUT2D eigenvalue weighted by Crippen LogP contribution is -2.29. The van der Waals surface area contributed by atoms with E-state index < -0.39 is 0 Å². The molecule has 0 saturated heterocycles. The molecule has 0 bridgehead atoms. The number of hydrogen-bond acceptors (Lipinski definition) is 3. The van der Waals surface area contributed by atoms with Crippen LogP contribution in [-0.4, -0.2) is 24.0 Å². The summed E-state index contributed by atoms with van der Waals surface area (Å²) in [4.78, 5) is 15.7. The first-order chi connectivity index (χ1) is 9.29. The molecule has 0 unspecified atom stereocenters. The van der Waals surface area contributed by atoms with Crippen molar-refractivity contribution in [1.82, 2.24) is 10.3 Å². The molecule has 100 valence electrons. The minimum Gasteiger partial charge on any atom is -0.484 e. The Hall–Kier alpha value is -2.10. The minimum absolute atomic E-state index is 0.0511. The van der Waals surface area contributed by atoms with E-state index >= 15 is 0 Å². The van der Waals surface area contributed by atoms with Crippen molar-refractivity contribution >= 4 is 16.8 Å². The zero-order chi connectivity index (χ0) is 13.5. The molecule has 0 aliphatic heterocycles. The van der Waals surface area contributed by atoms with Crippen molar-refractivity contribution in [3.05, 3.63) is 36.5 Å². The number of benzene rings is 1. The van der Waals surface area contributed by atoms with Gasteiger partial charge in [0.05, 0.1) is 5.52 Å². The summed E-state index contributed by atoms with van der Waals surface area (Å²) in [6, 6.07) is 9.45. The number of pyridine rings is 1. The smallest absolute Gasteiger partial charge is 0.257 e. The van der Waals surface area contributed by atoms with Crippen LogP contribution in [-0.2, 0) is 4.79 Å². The van der Waals surface area contributed by atoms with Gasteiger partial charge in [0, 0.05) is 18.1 Å². The quantitative estimate of drug-likeness (QED) is 0.810. The van der Waals surface area contributed by atoms with Crippen molar-refractivity contribution in [2.45, 2.75) is 19.8 Å². The predicted molar refractivity (Wildman–Crippen MR) is 75.2 cm³/mol. The van der Waals surface area contributed by atoms with Gasteiger partial charge in [0.15, 0.2) is 6.61 Å². The van der Waals surface area contributed by atoms with Gasteiger partial charge in [0.2, 0.25) is 0 Å². The monoisotopic (exact) mass is 258 g/mol. The molecule has 0 aliphatic rings. The first kappa shape index (κ1) is 13.3. The van der Waals surface area contributed by atoms with Gasteiger partial charge in [-0.2, -0.15) is 0 Å². The van der Waals surface area contributed by atoms with E-state index in [1.54, 1.807) is 6.20 Å². The number of carbonyl (C=O) groups is 1. The Morgan fingerprint density at radius 2 is 2.26 bits per heavy atom. The number of unbranched alkanes of at least 4 members (excludes halogenated alkanes) is 1. The molecule has 0 radical (unpaired) electrons. The van der Waals surface area contributed by atoms with Crippen molar-refractivity contribution in [1.29, 1.82) is 0 Å². The first-order valence-electron chi connectivity index (χ1n) is 6.54. The second-order valence-corrected chi connectivity index (χ2v) is 4.35. The van der Waals surface area contributed by atoms with Gasteiger partial charge in [-0.25, -0.2) is 0 Å². The van der Waals surface area contributed by atoms with Crippen LogP contribution >= 0.6 is 0 Å². The van der Waals surface area contributed by atoms with Gasteiger partial charge in [0.1, 0.15) is 5.75 Å². The lowest BCUT2D eigenvalue weighted by atomic mass is 10.2. The van der Waals surface area contributed by atoms with E-state index in [9.17, 15) is 4.79 Å². The van der Waals surface area contributed by atoms with Crippen LogP contribution < -0.4 is 10.1 Å². The van der Waals surface area contributed by atoms with Crippen LogP contribution in [0.4, 0.5) is 0 Å². The van der Waals surface area contributed by atoms with E-state index in [1.165, 1.54) is 0 Å². The van der Waals surface area contributed by atoms with Crippen LogP contribution in [0.1, 0.15) is 19.8 Å². The maximum Gasteiger partial charge on any atom is 0.257 e. The average molecular weight is 258 g/mol. The zero-order valence-electron chi connectivity index (χ0n) is 11.1. The Bertz CT molecular complexity index is 555. The lowest BCUT2D eigenvalue weighted by molar-refractivity contribution is -0.123. The highest BCUT2D eigenvalue weighted by Crippen LogP contribution is 2.18. The van der Waals surface area contributed by atoms with Crippen molar-refractivity contribution in [3.8, 4) is 5.75 Å². The fraction of sp³-hybridized carbons (Fsp3) is 0.333. The van der Waals surface area contributed by atoms with Crippen molar-refractivity contribution < 1.29 is 9.53 Å². The third kappa shape index (κ3) is 3.95. The van der Waals surface area contributed by atoms with Gasteiger partial charge in [-0.3, -0.25) is 9.78 Å². The normalized spacial score (nSPS) is 10.4. The Morgan fingerprint density at radius 1 is 1.37 bits per heavy atom. The molecule has 0 atom stereocenters. The SMILES string of the molecule is CCCCNC(=O)COc1ccc2ncccc2c1. The molecule has 0 spiro atoms. The Kier molecular flexibility index (Phi) is 4.72. The van der Waals surface area contributed by atoms with Gasteiger partial charge >= 0.3 is 0 Å². The highest BCUT2D eigenvalue weighted by molar-refractivity contribution is 5.80. The summed E-state index contributed by atoms with van der Waals surface area (Å²) in [5, 5.41) is 3.82. The summed E-state index contributed by atoms with van der Waals surface area (Å²) >= 11 is 0. The van der Waals surface area contributed by atoms with Gasteiger partial charge in [-0.15, -0.1) is 0 Å². The molecular formula is C15H18N2O2. The van der Waals surface area contributed by atoms with Crippen LogP contribution in [0.2, 0.25) is 0 Å². The molecule has 2 rings (SSSR count). The van der Waals surface area contributed by atoms with E-state index in [0.29, 0.717) is 12.3 Å². The number of hydrogen-bond donors (Lipinski definition) is 1. The molecule has 1 amide bonds. The van der Waals surface area contributed by atoms with Crippen LogP contribution in [0.15, 0.2) is 36.5 Å². The molecule has 0 saturated carbocycles. The molecule has 1 heterocycles. The second-order valence-electron chi connectivity index (χ2n) is 4.35. The minimum atomic E-state index is -0.0836. The molecule has 1 aromatic carbocycles. The molecule has 0 fully saturated rings. The van der Waals surface area contributed by atoms with E-state index in [4.69, 9.17) is 4.74 Å². The van der Waals surface area contributed by atoms with Crippen molar-refractivity contribution in [2.24, 2.45) is 0 Å². The maximum atomic E-state index is 11.5. The number of nitrogens with one attached hydrogen (secondary N) is 1. The van der Waals surface area contributed by atoms with Gasteiger partial charge in [-0.05, 0) is 30.7 Å². The molecular weight excluding hydrogens is 240 g/mol. The number of carbonyl (C=O) groups excluding carboxylic acids is 1. The number of aromatic nitrogens is 1. The lowest BCUT2D eigenvalue weighted by Gasteiger charge is -2.07. The second kappa shape index (κ2) is 6.73. The average Bonchev–Trinajstić information content (AvgIpc) is 2.45. The zero-order valence-corrected chi connectivity index (χ0v) is 11.1. The number of nitrogens with zero attached hydrogens (tertiary/aromatic N) is 1. The fourth-order valence-corrected chi connectivity index (χ4v) is 1.75. The highest BCUT2D eigenvalue weighted by Gasteiger charge is 2.02. The third-order valence-corrected chi connectivity index (χ3v) is 2.80. The summed E-state index contributed by atoms with van der Waals surface area (Å²) in [6.45, 7) is 2.85. The Labute approximate surface area is 112 Å². The summed E-state index contributed by atoms with van der Waals surface area (Å²) in [7, 11) is 0. The van der Waals surface area contributed by atoms with Gasteiger partial charge in [-0.1, -0.05) is 19.4 Å². The van der Waals surface area contributed by atoms with Crippen LogP contribution in [0.3, 0.4) is 0 Å². The highest BCUT2D eigenvalue weighted by atomic mass is 16.5. The number of ether oxygens (including phenoxy) is 1. The topological polar surface area (TPSA) is 51.2 Å². The first-order valence-corrected chi connectivity index (χ1v) is 6.54. The van der Waals surface area contributed by atoms with E-state index in [0.717, 1.165) is 23.7 Å². The van der Waals surface area contributed by atoms with Gasteiger partial charge < -0.3 is 10.1 Å². The molecule has 1 aromatic heterocycles. The van der Waals surface area contributed by atoms with E-state index in [-0.39, 0.29) is 12.5 Å². The molecule has 4 heteroatoms. The van der Waals surface area contributed by atoms with Crippen molar-refractivity contribution in [2.75, 3.05) is 13.2 Å². The molecule has 19 heavy (non-hydrogen) atoms. The number of fused-ring (bicyclic) bond motifs is 1. The van der Waals surface area contributed by atoms with Crippen LogP contribution in [0, 0.1) is 0 Å². The third-order valence-electron chi connectivity index (χ3n) is 2.80. The fourth-order valence-electron chi connectivity index (χ4n) is 1.75. The number of rotatable bonds is 6. The summed E-state index contributed by atoms with van der Waals surface area (Å²) in [6.07, 6.45) is 3.82. The standard InChI is InChI=1S/C15H18N2O2/c1-2-3-8-17-15(18)11-19-13-6-7-14-12(10-13)5-4-9-16-14/h4-7,9-10H,2-3,8,11H2,1H3,(H,17,18). The molecule has 1 N–H and O–H groups in total. The summed E-state index contributed by atoms with van der Waals surface area (Å²) < 4.78 is 5.47. The Morgan fingerprint density at radius 3 is 3.11 bits per heavy atom. The Balaban J connectivity index is 1.89. The van der Waals surface area contributed by atoms with E-state index in [2.05, 4.69) is 17.2 Å². The largest absolute Gasteiger partial charge is 0.484 e. The van der Waals surface area contributed by atoms with Gasteiger partial charge in [0.25, 0.3) is 5.91 Å². The molecule has 2 aromatic rings. The maximum absolute atomic E-state index is 11.5. The summed E-state index contributed by atoms with van der Waals surface area (Å²) in [5.41, 5.74) is 0.919. The number of amides is 1. The molecule has 4 nitrogen and oxygen atoms in total. The van der Waals surface area contributed by atoms with Crippen LogP contribution in [0.5, 0.6) is 5.75 Å². The van der Waals surface area contributed by atoms with Crippen LogP contribution in [0.25, 0.3) is 10.9 Å². The van der Waals surface area contributed by atoms with E-state index in [1.807, 2.05) is 30.3 Å².